The molecule has 0 radical (unpaired) electrons. The van der Waals surface area contributed by atoms with Crippen molar-refractivity contribution in [1.29, 1.82) is 0 Å². The lowest BCUT2D eigenvalue weighted by Gasteiger charge is -2.00. The van der Waals surface area contributed by atoms with Crippen LogP contribution >= 0.6 is 0 Å². The van der Waals surface area contributed by atoms with E-state index in [9.17, 15) is 0 Å². The maximum Gasteiger partial charge on any atom is 0.148 e. The smallest absolute Gasteiger partial charge is 0.148 e. The van der Waals surface area contributed by atoms with Gasteiger partial charge < -0.3 is 5.32 Å². The molecule has 1 aromatic carbocycles. The Morgan fingerprint density at radius 3 is 2.74 bits per heavy atom. The maximum atomic E-state index is 4.35. The van der Waals surface area contributed by atoms with Gasteiger partial charge >= 0.3 is 0 Å². The van der Waals surface area contributed by atoms with Crippen molar-refractivity contribution in [2.75, 3.05) is 5.32 Å². The first-order chi connectivity index (χ1) is 9.31. The van der Waals surface area contributed by atoms with Gasteiger partial charge in [-0.25, -0.2) is 4.68 Å². The summed E-state index contributed by atoms with van der Waals surface area (Å²) in [6.45, 7) is 0.712. The molecule has 0 aliphatic heterocycles. The van der Waals surface area contributed by atoms with E-state index >= 15 is 0 Å². The molecule has 5 heteroatoms. The monoisotopic (exact) mass is 253 g/mol. The summed E-state index contributed by atoms with van der Waals surface area (Å²) in [5.41, 5.74) is 2.18. The quantitative estimate of drug-likeness (QED) is 0.775. The van der Waals surface area contributed by atoms with Crippen molar-refractivity contribution in [2.24, 2.45) is 7.05 Å². The van der Waals surface area contributed by atoms with E-state index in [2.05, 4.69) is 15.5 Å². The van der Waals surface area contributed by atoms with Gasteiger partial charge in [-0.3, -0.25) is 4.68 Å². The summed E-state index contributed by atoms with van der Waals surface area (Å²) in [5.74, 6) is 0.870. The molecule has 0 amide bonds. The Morgan fingerprint density at radius 1 is 1.16 bits per heavy atom. The van der Waals surface area contributed by atoms with E-state index in [1.165, 1.54) is 0 Å². The van der Waals surface area contributed by atoms with Crippen LogP contribution in [0.25, 0.3) is 5.69 Å². The summed E-state index contributed by atoms with van der Waals surface area (Å²) in [5, 5.41) is 11.9. The van der Waals surface area contributed by atoms with Crippen molar-refractivity contribution in [3.63, 3.8) is 0 Å². The molecule has 3 aromatic rings. The Labute approximate surface area is 111 Å². The molecular formula is C14H15N5. The summed E-state index contributed by atoms with van der Waals surface area (Å²) in [7, 11) is 1.90. The molecule has 0 aliphatic carbocycles. The van der Waals surface area contributed by atoms with E-state index in [1.807, 2.05) is 66.7 Å². The Morgan fingerprint density at radius 2 is 2.00 bits per heavy atom. The van der Waals surface area contributed by atoms with Gasteiger partial charge in [0.1, 0.15) is 5.82 Å². The predicted molar refractivity (Wildman–Crippen MR) is 74.1 cm³/mol. The highest BCUT2D eigenvalue weighted by Gasteiger charge is 2.01. The van der Waals surface area contributed by atoms with Crippen molar-refractivity contribution >= 4 is 5.82 Å². The molecule has 0 bridgehead atoms. The fraction of sp³-hybridized carbons (Fsp3) is 0.143. The fourth-order valence-corrected chi connectivity index (χ4v) is 1.88. The van der Waals surface area contributed by atoms with Crippen LogP contribution in [0.4, 0.5) is 5.82 Å². The molecule has 0 atom stereocenters. The molecule has 5 nitrogen and oxygen atoms in total. The molecule has 0 unspecified atom stereocenters. The minimum atomic E-state index is 0.712. The summed E-state index contributed by atoms with van der Waals surface area (Å²) >= 11 is 0. The second kappa shape index (κ2) is 4.97. The van der Waals surface area contributed by atoms with Crippen molar-refractivity contribution in [1.82, 2.24) is 19.6 Å². The second-order valence-electron chi connectivity index (χ2n) is 4.36. The zero-order chi connectivity index (χ0) is 13.1. The summed E-state index contributed by atoms with van der Waals surface area (Å²) < 4.78 is 3.64. The normalized spacial score (nSPS) is 10.6. The first kappa shape index (κ1) is 11.5. The predicted octanol–water partition coefficient (Wildman–Crippen LogP) is 2.22. The molecule has 3 rings (SSSR count). The Bertz CT molecular complexity index is 653. The van der Waals surface area contributed by atoms with Gasteiger partial charge in [0.05, 0.1) is 11.9 Å². The number of hydrogen-bond donors (Lipinski definition) is 1. The van der Waals surface area contributed by atoms with Gasteiger partial charge in [0.25, 0.3) is 0 Å². The lowest BCUT2D eigenvalue weighted by molar-refractivity contribution is 0.768. The fourth-order valence-electron chi connectivity index (χ4n) is 1.88. The van der Waals surface area contributed by atoms with Crippen LogP contribution in [-0.4, -0.2) is 19.6 Å². The van der Waals surface area contributed by atoms with E-state index < -0.39 is 0 Å². The molecule has 2 aromatic heterocycles. The molecular weight excluding hydrogens is 238 g/mol. The van der Waals surface area contributed by atoms with Gasteiger partial charge in [0, 0.05) is 37.6 Å². The SMILES string of the molecule is Cn1ccc(NCc2cnn(-c3ccccc3)c2)n1. The van der Waals surface area contributed by atoms with E-state index in [-0.39, 0.29) is 0 Å². The summed E-state index contributed by atoms with van der Waals surface area (Å²) in [4.78, 5) is 0. The highest BCUT2D eigenvalue weighted by atomic mass is 15.3. The molecule has 0 saturated carbocycles. The first-order valence-electron chi connectivity index (χ1n) is 6.14. The molecule has 1 N–H and O–H groups in total. The number of para-hydroxylation sites is 1. The maximum absolute atomic E-state index is 4.35. The number of hydrogen-bond acceptors (Lipinski definition) is 3. The molecule has 96 valence electrons. The van der Waals surface area contributed by atoms with Crippen LogP contribution in [0, 0.1) is 0 Å². The standard InChI is InChI=1S/C14H15N5/c1-18-8-7-14(17-18)15-9-12-10-16-19(11-12)13-5-3-2-4-6-13/h2-8,10-11H,9H2,1H3,(H,15,17). The van der Waals surface area contributed by atoms with Crippen LogP contribution in [0.15, 0.2) is 55.0 Å². The average Bonchev–Trinajstić information content (AvgIpc) is 3.06. The summed E-state index contributed by atoms with van der Waals surface area (Å²) in [6.07, 6.45) is 5.80. The van der Waals surface area contributed by atoms with Crippen LogP contribution < -0.4 is 5.32 Å². The van der Waals surface area contributed by atoms with Crippen LogP contribution in [-0.2, 0) is 13.6 Å². The minimum Gasteiger partial charge on any atom is -0.364 e. The number of aromatic nitrogens is 4. The van der Waals surface area contributed by atoms with Crippen molar-refractivity contribution in [3.05, 3.63) is 60.6 Å². The third-order valence-electron chi connectivity index (χ3n) is 2.84. The van der Waals surface area contributed by atoms with Crippen LogP contribution in [0.3, 0.4) is 0 Å². The second-order valence-corrected chi connectivity index (χ2v) is 4.36. The molecule has 2 heterocycles. The molecule has 19 heavy (non-hydrogen) atoms. The molecule has 0 aliphatic rings. The third kappa shape index (κ3) is 2.65. The van der Waals surface area contributed by atoms with Crippen molar-refractivity contribution < 1.29 is 0 Å². The Hall–Kier alpha value is -2.56. The number of rotatable bonds is 4. The lowest BCUT2D eigenvalue weighted by atomic mass is 10.3. The lowest BCUT2D eigenvalue weighted by Crippen LogP contribution is -2.00. The van der Waals surface area contributed by atoms with Gasteiger partial charge in [-0.15, -0.1) is 0 Å². The summed E-state index contributed by atoms with van der Waals surface area (Å²) in [6, 6.07) is 12.0. The number of aryl methyl sites for hydroxylation is 1. The number of nitrogens with one attached hydrogen (secondary N) is 1. The topological polar surface area (TPSA) is 47.7 Å². The Balaban J connectivity index is 1.68. The minimum absolute atomic E-state index is 0.712. The van der Waals surface area contributed by atoms with Gasteiger partial charge in [0.2, 0.25) is 0 Å². The van der Waals surface area contributed by atoms with Gasteiger partial charge in [-0.2, -0.15) is 10.2 Å². The first-order valence-corrected chi connectivity index (χ1v) is 6.14. The van der Waals surface area contributed by atoms with Crippen LogP contribution in [0.1, 0.15) is 5.56 Å². The van der Waals surface area contributed by atoms with Gasteiger partial charge in [0.15, 0.2) is 0 Å². The van der Waals surface area contributed by atoms with E-state index in [1.54, 1.807) is 4.68 Å². The van der Waals surface area contributed by atoms with E-state index in [0.29, 0.717) is 6.54 Å². The number of benzene rings is 1. The molecule has 0 spiro atoms. The van der Waals surface area contributed by atoms with Crippen LogP contribution in [0.5, 0.6) is 0 Å². The number of anilines is 1. The largest absolute Gasteiger partial charge is 0.364 e. The van der Waals surface area contributed by atoms with Crippen molar-refractivity contribution in [2.45, 2.75) is 6.54 Å². The zero-order valence-electron chi connectivity index (χ0n) is 10.7. The Kier molecular flexibility index (Phi) is 3.02. The highest BCUT2D eigenvalue weighted by Crippen LogP contribution is 2.09. The van der Waals surface area contributed by atoms with E-state index in [4.69, 9.17) is 0 Å². The van der Waals surface area contributed by atoms with E-state index in [0.717, 1.165) is 17.1 Å². The van der Waals surface area contributed by atoms with Crippen molar-refractivity contribution in [3.8, 4) is 5.69 Å². The molecule has 0 saturated heterocycles. The average molecular weight is 253 g/mol. The van der Waals surface area contributed by atoms with Gasteiger partial charge in [-0.05, 0) is 12.1 Å². The highest BCUT2D eigenvalue weighted by molar-refractivity contribution is 5.34. The van der Waals surface area contributed by atoms with Crippen LogP contribution in [0.2, 0.25) is 0 Å². The number of nitrogens with zero attached hydrogens (tertiary/aromatic N) is 4. The van der Waals surface area contributed by atoms with Gasteiger partial charge in [-0.1, -0.05) is 18.2 Å². The zero-order valence-corrected chi connectivity index (χ0v) is 10.7. The molecule has 0 fully saturated rings. The third-order valence-corrected chi connectivity index (χ3v) is 2.84.